The number of aryl methyl sites for hydroxylation is 1. The molecule has 0 radical (unpaired) electrons. The molecule has 2 aliphatic rings. The van der Waals surface area contributed by atoms with Crippen LogP contribution >= 0.6 is 11.3 Å². The van der Waals surface area contributed by atoms with Crippen molar-refractivity contribution in [3.8, 4) is 0 Å². The molecule has 0 unspecified atom stereocenters. The number of ether oxygens (including phenoxy) is 1. The molecule has 2 aromatic heterocycles. The van der Waals surface area contributed by atoms with Gasteiger partial charge >= 0.3 is 0 Å². The van der Waals surface area contributed by atoms with Crippen LogP contribution in [-0.2, 0) is 4.74 Å². The Morgan fingerprint density at radius 2 is 2.00 bits per heavy atom. The van der Waals surface area contributed by atoms with E-state index < -0.39 is 0 Å². The maximum Gasteiger partial charge on any atom is 0.264 e. The molecule has 0 bridgehead atoms. The summed E-state index contributed by atoms with van der Waals surface area (Å²) in [6.45, 7) is 9.37. The predicted octanol–water partition coefficient (Wildman–Crippen LogP) is 2.37. The fourth-order valence-electron chi connectivity index (χ4n) is 3.81. The topological polar surface area (TPSA) is 70.6 Å². The number of morpholine rings is 1. The van der Waals surface area contributed by atoms with Crippen LogP contribution in [0.3, 0.4) is 0 Å². The number of carbonyl (C=O) groups excluding carboxylic acids is 1. The zero-order valence-corrected chi connectivity index (χ0v) is 16.7. The Bertz CT molecular complexity index is 797. The number of amides is 1. The van der Waals surface area contributed by atoms with E-state index in [2.05, 4.69) is 20.2 Å². The Balaban J connectivity index is 1.44. The lowest BCUT2D eigenvalue weighted by Gasteiger charge is -2.26. The molecular formula is C19H27N5O2S. The standard InChI is InChI=1S/C19H27N5O2S/c1-14-15-17(20-5-4-6-23-9-11-26-12-10-23)21-13-22-18(15)27-16(14)19(25)24-7-2-3-8-24/h13H,2-12H2,1H3,(H,20,21,22). The van der Waals surface area contributed by atoms with Crippen molar-refractivity contribution in [3.05, 3.63) is 16.8 Å². The normalized spacial score (nSPS) is 18.3. The fraction of sp³-hybridized carbons (Fsp3) is 0.632. The maximum atomic E-state index is 12.8. The summed E-state index contributed by atoms with van der Waals surface area (Å²) in [4.78, 5) is 27.8. The van der Waals surface area contributed by atoms with E-state index in [1.807, 2.05) is 11.8 Å². The molecule has 8 heteroatoms. The third kappa shape index (κ3) is 4.07. The zero-order chi connectivity index (χ0) is 18.6. The lowest BCUT2D eigenvalue weighted by Crippen LogP contribution is -2.37. The summed E-state index contributed by atoms with van der Waals surface area (Å²) in [6.07, 6.45) is 4.85. The second-order valence-corrected chi connectivity index (χ2v) is 8.19. The first-order valence-corrected chi connectivity index (χ1v) is 10.6. The summed E-state index contributed by atoms with van der Waals surface area (Å²) < 4.78 is 5.39. The minimum atomic E-state index is 0.145. The number of fused-ring (bicyclic) bond motifs is 1. The SMILES string of the molecule is Cc1c(C(=O)N2CCCC2)sc2ncnc(NCCCN3CCOCC3)c12. The Kier molecular flexibility index (Phi) is 5.85. The van der Waals surface area contributed by atoms with E-state index in [1.165, 1.54) is 11.3 Å². The third-order valence-electron chi connectivity index (χ3n) is 5.36. The maximum absolute atomic E-state index is 12.8. The van der Waals surface area contributed by atoms with Crippen molar-refractivity contribution in [1.82, 2.24) is 19.8 Å². The number of rotatable bonds is 6. The summed E-state index contributed by atoms with van der Waals surface area (Å²) >= 11 is 1.49. The molecule has 2 saturated heterocycles. The van der Waals surface area contributed by atoms with Crippen molar-refractivity contribution in [2.45, 2.75) is 26.2 Å². The minimum Gasteiger partial charge on any atom is -0.379 e. The monoisotopic (exact) mass is 389 g/mol. The van der Waals surface area contributed by atoms with Crippen molar-refractivity contribution in [2.75, 3.05) is 57.8 Å². The van der Waals surface area contributed by atoms with Crippen LogP contribution in [0, 0.1) is 6.92 Å². The van der Waals surface area contributed by atoms with E-state index in [0.29, 0.717) is 0 Å². The van der Waals surface area contributed by atoms with Gasteiger partial charge in [-0.2, -0.15) is 0 Å². The van der Waals surface area contributed by atoms with Crippen LogP contribution in [0.5, 0.6) is 0 Å². The van der Waals surface area contributed by atoms with E-state index >= 15 is 0 Å². The Morgan fingerprint density at radius 1 is 1.22 bits per heavy atom. The zero-order valence-electron chi connectivity index (χ0n) is 15.9. The lowest BCUT2D eigenvalue weighted by atomic mass is 10.2. The summed E-state index contributed by atoms with van der Waals surface area (Å²) in [5, 5.41) is 4.46. The van der Waals surface area contributed by atoms with Gasteiger partial charge in [0.05, 0.1) is 23.5 Å². The van der Waals surface area contributed by atoms with Gasteiger partial charge < -0.3 is 15.0 Å². The molecule has 0 spiro atoms. The highest BCUT2D eigenvalue weighted by Gasteiger charge is 2.25. The molecule has 27 heavy (non-hydrogen) atoms. The Hall–Kier alpha value is -1.77. The summed E-state index contributed by atoms with van der Waals surface area (Å²) in [6, 6.07) is 0. The highest BCUT2D eigenvalue weighted by Crippen LogP contribution is 2.34. The molecule has 4 rings (SSSR count). The first-order valence-electron chi connectivity index (χ1n) is 9.81. The average molecular weight is 390 g/mol. The van der Waals surface area contributed by atoms with Gasteiger partial charge in [-0.05, 0) is 38.3 Å². The minimum absolute atomic E-state index is 0.145. The highest BCUT2D eigenvalue weighted by molar-refractivity contribution is 7.20. The number of likely N-dealkylation sites (tertiary alicyclic amines) is 1. The quantitative estimate of drug-likeness (QED) is 0.765. The van der Waals surface area contributed by atoms with Gasteiger partial charge in [0.1, 0.15) is 17.0 Å². The van der Waals surface area contributed by atoms with Crippen LogP contribution in [0.4, 0.5) is 5.82 Å². The van der Waals surface area contributed by atoms with E-state index in [1.54, 1.807) is 6.33 Å². The molecule has 146 valence electrons. The molecule has 0 aromatic carbocycles. The summed E-state index contributed by atoms with van der Waals surface area (Å²) in [5.41, 5.74) is 1.00. The van der Waals surface area contributed by atoms with Crippen LogP contribution in [0.25, 0.3) is 10.2 Å². The average Bonchev–Trinajstić information content (AvgIpc) is 3.34. The van der Waals surface area contributed by atoms with E-state index in [-0.39, 0.29) is 5.91 Å². The molecule has 2 aliphatic heterocycles. The first kappa shape index (κ1) is 18.6. The lowest BCUT2D eigenvalue weighted by molar-refractivity contribution is 0.0378. The number of nitrogens with one attached hydrogen (secondary N) is 1. The van der Waals surface area contributed by atoms with Gasteiger partial charge in [0.25, 0.3) is 5.91 Å². The largest absolute Gasteiger partial charge is 0.379 e. The molecular weight excluding hydrogens is 362 g/mol. The van der Waals surface area contributed by atoms with Crippen LogP contribution in [0.1, 0.15) is 34.5 Å². The van der Waals surface area contributed by atoms with Gasteiger partial charge in [0, 0.05) is 32.7 Å². The molecule has 4 heterocycles. The van der Waals surface area contributed by atoms with Crippen molar-refractivity contribution < 1.29 is 9.53 Å². The fourth-order valence-corrected chi connectivity index (χ4v) is 4.92. The number of hydrogen-bond acceptors (Lipinski definition) is 7. The number of nitrogens with zero attached hydrogens (tertiary/aromatic N) is 4. The Labute approximate surface area is 163 Å². The smallest absolute Gasteiger partial charge is 0.264 e. The van der Waals surface area contributed by atoms with Crippen molar-refractivity contribution in [2.24, 2.45) is 0 Å². The molecule has 0 aliphatic carbocycles. The van der Waals surface area contributed by atoms with Gasteiger partial charge in [0.15, 0.2) is 0 Å². The van der Waals surface area contributed by atoms with Crippen molar-refractivity contribution >= 4 is 33.3 Å². The third-order valence-corrected chi connectivity index (χ3v) is 6.55. The van der Waals surface area contributed by atoms with Crippen LogP contribution in [-0.4, -0.2) is 78.2 Å². The van der Waals surface area contributed by atoms with Crippen LogP contribution in [0.15, 0.2) is 6.33 Å². The number of aromatic nitrogens is 2. The first-order chi connectivity index (χ1) is 13.2. The van der Waals surface area contributed by atoms with Gasteiger partial charge in [-0.15, -0.1) is 11.3 Å². The molecule has 1 amide bonds. The number of anilines is 1. The van der Waals surface area contributed by atoms with Crippen LogP contribution < -0.4 is 5.32 Å². The van der Waals surface area contributed by atoms with Gasteiger partial charge in [-0.1, -0.05) is 0 Å². The summed E-state index contributed by atoms with van der Waals surface area (Å²) in [5.74, 6) is 0.988. The molecule has 0 saturated carbocycles. The van der Waals surface area contributed by atoms with Crippen molar-refractivity contribution in [1.29, 1.82) is 0 Å². The number of carbonyl (C=O) groups is 1. The van der Waals surface area contributed by atoms with Gasteiger partial charge in [-0.25, -0.2) is 9.97 Å². The molecule has 2 aromatic rings. The molecule has 1 N–H and O–H groups in total. The van der Waals surface area contributed by atoms with Crippen molar-refractivity contribution in [3.63, 3.8) is 0 Å². The second-order valence-electron chi connectivity index (χ2n) is 7.19. The number of thiophene rings is 1. The Morgan fingerprint density at radius 3 is 2.78 bits per heavy atom. The van der Waals surface area contributed by atoms with Gasteiger partial charge in [-0.3, -0.25) is 9.69 Å². The van der Waals surface area contributed by atoms with Crippen LogP contribution in [0.2, 0.25) is 0 Å². The van der Waals surface area contributed by atoms with E-state index in [0.717, 1.165) is 98.2 Å². The van der Waals surface area contributed by atoms with E-state index in [9.17, 15) is 4.79 Å². The van der Waals surface area contributed by atoms with E-state index in [4.69, 9.17) is 4.74 Å². The highest BCUT2D eigenvalue weighted by atomic mass is 32.1. The van der Waals surface area contributed by atoms with Gasteiger partial charge in [0.2, 0.25) is 0 Å². The predicted molar refractivity (Wildman–Crippen MR) is 108 cm³/mol. The molecule has 0 atom stereocenters. The molecule has 2 fully saturated rings. The second kappa shape index (κ2) is 8.50. The number of hydrogen-bond donors (Lipinski definition) is 1. The molecule has 7 nitrogen and oxygen atoms in total. The summed E-state index contributed by atoms with van der Waals surface area (Å²) in [7, 11) is 0.